The lowest BCUT2D eigenvalue weighted by Gasteiger charge is -2.25. The van der Waals surface area contributed by atoms with Crippen LogP contribution in [0.3, 0.4) is 0 Å². The number of carboxylic acid groups (broad SMARTS) is 1. The van der Waals surface area contributed by atoms with Crippen molar-refractivity contribution >= 4 is 16.0 Å². The number of ether oxygens (including phenoxy) is 1. The summed E-state index contributed by atoms with van der Waals surface area (Å²) in [5, 5.41) is 9.12. The van der Waals surface area contributed by atoms with Gasteiger partial charge in [0, 0.05) is 5.75 Å². The van der Waals surface area contributed by atoms with Crippen LogP contribution in [-0.4, -0.2) is 48.8 Å². The summed E-state index contributed by atoms with van der Waals surface area (Å²) < 4.78 is 5.51. The van der Waals surface area contributed by atoms with E-state index >= 15 is 0 Å². The Morgan fingerprint density at radius 2 is 2.06 bits per heavy atom. The van der Waals surface area contributed by atoms with Gasteiger partial charge < -0.3 is 9.84 Å². The Morgan fingerprint density at radius 3 is 2.47 bits per heavy atom. The highest BCUT2D eigenvalue weighted by atomic mass is 32.3. The third kappa shape index (κ3) is 8.27. The molecule has 4 heteroatoms. The number of carbonyl (C=O) groups is 1. The molecule has 0 radical (unpaired) electrons. The van der Waals surface area contributed by atoms with Gasteiger partial charge in [-0.3, -0.25) is 4.79 Å². The van der Waals surface area contributed by atoms with Crippen LogP contribution < -0.4 is 0 Å². The summed E-state index contributed by atoms with van der Waals surface area (Å²) in [7, 11) is -0.561. The van der Waals surface area contributed by atoms with Crippen LogP contribution in [-0.2, 0) is 9.53 Å². The first-order valence-corrected chi connectivity index (χ1v) is 8.88. The highest BCUT2D eigenvalue weighted by Gasteiger charge is 2.24. The number of aliphatic carboxylic acids is 1. The van der Waals surface area contributed by atoms with E-state index in [-0.39, 0.29) is 5.92 Å². The van der Waals surface area contributed by atoms with Crippen molar-refractivity contribution in [1.29, 1.82) is 0 Å². The number of hydrogen-bond donors (Lipinski definition) is 1. The van der Waals surface area contributed by atoms with Gasteiger partial charge in [0.1, 0.15) is 0 Å². The van der Waals surface area contributed by atoms with Crippen molar-refractivity contribution in [2.75, 3.05) is 37.7 Å². The highest BCUT2D eigenvalue weighted by Crippen LogP contribution is 2.33. The minimum absolute atomic E-state index is 0.0759. The zero-order valence-electron chi connectivity index (χ0n) is 11.4. The molecule has 1 N–H and O–H groups in total. The zero-order chi connectivity index (χ0) is 13.5. The average molecular weight is 262 g/mol. The highest BCUT2D eigenvalue weighted by molar-refractivity contribution is 8.32. The number of carboxylic acids is 1. The van der Waals surface area contributed by atoms with Crippen molar-refractivity contribution < 1.29 is 14.6 Å². The molecular weight excluding hydrogens is 236 g/mol. The van der Waals surface area contributed by atoms with Gasteiger partial charge >= 0.3 is 5.97 Å². The third-order valence-corrected chi connectivity index (χ3v) is 4.07. The first kappa shape index (κ1) is 16.5. The number of rotatable bonds is 9. The summed E-state index contributed by atoms with van der Waals surface area (Å²) in [5.74, 6) is -0.104. The van der Waals surface area contributed by atoms with Gasteiger partial charge in [0.15, 0.2) is 0 Å². The zero-order valence-corrected chi connectivity index (χ0v) is 12.3. The monoisotopic (exact) mass is 262 g/mol. The molecule has 0 aliphatic rings. The normalized spacial score (nSPS) is 16.2. The molecule has 0 saturated carbocycles. The maximum absolute atomic E-state index is 11.1. The Kier molecular flexibility index (Phi) is 7.55. The quantitative estimate of drug-likeness (QED) is 0.513. The van der Waals surface area contributed by atoms with Gasteiger partial charge in [-0.1, -0.05) is 13.0 Å². The van der Waals surface area contributed by atoms with Crippen molar-refractivity contribution in [2.24, 2.45) is 11.8 Å². The van der Waals surface area contributed by atoms with E-state index in [1.807, 2.05) is 6.92 Å². The first-order chi connectivity index (χ1) is 7.78. The fourth-order valence-corrected chi connectivity index (χ4v) is 2.04. The van der Waals surface area contributed by atoms with E-state index in [2.05, 4.69) is 25.3 Å². The van der Waals surface area contributed by atoms with Gasteiger partial charge in [0.2, 0.25) is 0 Å². The van der Waals surface area contributed by atoms with E-state index in [4.69, 9.17) is 9.84 Å². The second kappa shape index (κ2) is 7.77. The Bertz CT molecular complexity index is 246. The molecule has 0 saturated heterocycles. The lowest BCUT2D eigenvalue weighted by molar-refractivity contribution is -0.145. The maximum atomic E-state index is 11.1. The topological polar surface area (TPSA) is 46.5 Å². The maximum Gasteiger partial charge on any atom is 0.309 e. The van der Waals surface area contributed by atoms with E-state index in [0.717, 1.165) is 5.75 Å². The number of hydrogen-bond acceptors (Lipinski definition) is 2. The molecule has 0 aromatic carbocycles. The summed E-state index contributed by atoms with van der Waals surface area (Å²) in [6.07, 6.45) is 9.16. The molecule has 0 unspecified atom stereocenters. The lowest BCUT2D eigenvalue weighted by Crippen LogP contribution is -2.27. The van der Waals surface area contributed by atoms with Crippen molar-refractivity contribution in [1.82, 2.24) is 0 Å². The predicted octanol–water partition coefficient (Wildman–Crippen LogP) is 2.61. The minimum atomic E-state index is -0.776. The second-order valence-corrected chi connectivity index (χ2v) is 9.91. The van der Waals surface area contributed by atoms with Gasteiger partial charge in [0.05, 0.1) is 19.1 Å². The van der Waals surface area contributed by atoms with Crippen LogP contribution in [0.5, 0.6) is 0 Å². The van der Waals surface area contributed by atoms with E-state index in [9.17, 15) is 4.79 Å². The molecule has 0 amide bonds. The Morgan fingerprint density at radius 1 is 1.47 bits per heavy atom. The largest absolute Gasteiger partial charge is 0.481 e. The smallest absolute Gasteiger partial charge is 0.309 e. The van der Waals surface area contributed by atoms with Crippen molar-refractivity contribution in [2.45, 2.75) is 13.3 Å². The average Bonchev–Trinajstić information content (AvgIpc) is 2.15. The van der Waals surface area contributed by atoms with Crippen molar-refractivity contribution in [3.63, 3.8) is 0 Å². The standard InChI is InChI=1S/C13H26O3S/c1-6-7-11(2)12(13(14)15)10-16-8-9-17(3,4)5/h6,11-12H,1,7-10H2,2-5H3,(H,14,15)/t11-,12+/m0/s1. The van der Waals surface area contributed by atoms with Gasteiger partial charge in [-0.25, -0.2) is 10.0 Å². The summed E-state index contributed by atoms with van der Waals surface area (Å²) in [6.45, 7) is 6.53. The summed E-state index contributed by atoms with van der Waals surface area (Å²) in [4.78, 5) is 11.1. The molecule has 0 heterocycles. The fourth-order valence-electron chi connectivity index (χ4n) is 1.43. The third-order valence-electron chi connectivity index (χ3n) is 2.68. The Balaban J connectivity index is 4.02. The van der Waals surface area contributed by atoms with Crippen molar-refractivity contribution in [3.05, 3.63) is 12.7 Å². The summed E-state index contributed by atoms with van der Waals surface area (Å²) in [5.41, 5.74) is 0. The molecule has 0 fully saturated rings. The van der Waals surface area contributed by atoms with E-state index in [1.165, 1.54) is 0 Å². The Labute approximate surface area is 107 Å². The van der Waals surface area contributed by atoms with Crippen LogP contribution in [0.25, 0.3) is 0 Å². The lowest BCUT2D eigenvalue weighted by atomic mass is 9.92. The predicted molar refractivity (Wildman–Crippen MR) is 76.2 cm³/mol. The van der Waals surface area contributed by atoms with E-state index in [1.54, 1.807) is 6.08 Å². The summed E-state index contributed by atoms with van der Waals surface area (Å²) in [6, 6.07) is 0. The van der Waals surface area contributed by atoms with E-state index in [0.29, 0.717) is 19.6 Å². The minimum Gasteiger partial charge on any atom is -0.481 e. The van der Waals surface area contributed by atoms with Crippen LogP contribution >= 0.6 is 10.0 Å². The molecule has 0 spiro atoms. The van der Waals surface area contributed by atoms with Crippen molar-refractivity contribution in [3.8, 4) is 0 Å². The molecule has 0 bridgehead atoms. The van der Waals surface area contributed by atoms with Gasteiger partial charge in [-0.2, -0.15) is 0 Å². The molecular formula is C13H26O3S. The van der Waals surface area contributed by atoms with Crippen LogP contribution in [0, 0.1) is 11.8 Å². The number of allylic oxidation sites excluding steroid dienone is 1. The first-order valence-electron chi connectivity index (χ1n) is 5.85. The molecule has 2 atom stereocenters. The molecule has 0 aromatic heterocycles. The Hall–Kier alpha value is -0.480. The molecule has 0 rings (SSSR count). The summed E-state index contributed by atoms with van der Waals surface area (Å²) >= 11 is 0. The molecule has 3 nitrogen and oxygen atoms in total. The molecule has 0 aromatic rings. The van der Waals surface area contributed by atoms with Crippen LogP contribution in [0.15, 0.2) is 12.7 Å². The van der Waals surface area contributed by atoms with Crippen LogP contribution in [0.4, 0.5) is 0 Å². The fraction of sp³-hybridized carbons (Fsp3) is 0.769. The molecule has 0 aliphatic carbocycles. The SMILES string of the molecule is C=CC[C@H](C)[C@@H](COCCS(C)(C)C)C(=O)O. The van der Waals surface area contributed by atoms with E-state index < -0.39 is 21.9 Å². The second-order valence-electron chi connectivity index (χ2n) is 5.32. The molecule has 102 valence electrons. The van der Waals surface area contributed by atoms with Gasteiger partial charge in [-0.15, -0.1) is 6.58 Å². The van der Waals surface area contributed by atoms with Gasteiger partial charge in [-0.05, 0) is 31.1 Å². The molecule has 0 aliphatic heterocycles. The van der Waals surface area contributed by atoms with Gasteiger partial charge in [0.25, 0.3) is 0 Å². The van der Waals surface area contributed by atoms with Crippen LogP contribution in [0.1, 0.15) is 13.3 Å². The molecule has 17 heavy (non-hydrogen) atoms. The van der Waals surface area contributed by atoms with Crippen LogP contribution in [0.2, 0.25) is 0 Å².